The normalized spacial score (nSPS) is 10.8. The summed E-state index contributed by atoms with van der Waals surface area (Å²) in [6, 6.07) is 13.2. The Hall–Kier alpha value is -2.65. The van der Waals surface area contributed by atoms with Crippen LogP contribution < -0.4 is 4.74 Å². The second kappa shape index (κ2) is 8.27. The van der Waals surface area contributed by atoms with Crippen LogP contribution in [-0.2, 0) is 0 Å². The topological polar surface area (TPSA) is 50.1 Å². The van der Waals surface area contributed by atoms with Gasteiger partial charge in [0.05, 0.1) is 23.6 Å². The molecule has 3 nitrogen and oxygen atoms in total. The van der Waals surface area contributed by atoms with Crippen molar-refractivity contribution in [2.45, 2.75) is 10.7 Å². The third-order valence-corrected chi connectivity index (χ3v) is 3.90. The molecule has 0 radical (unpaired) electrons. The number of carbonyl (C=O) groups excluding carboxylic acids is 1. The highest BCUT2D eigenvalue weighted by atomic mass is 32.2. The number of nitrogens with zero attached hydrogens (tertiary/aromatic N) is 1. The molecule has 0 atom stereocenters. The number of nitriles is 1. The van der Waals surface area contributed by atoms with E-state index in [1.807, 2.05) is 6.07 Å². The molecule has 0 amide bonds. The molecule has 0 saturated carbocycles. The molecule has 6 heteroatoms. The lowest BCUT2D eigenvalue weighted by atomic mass is 10.1. The van der Waals surface area contributed by atoms with Gasteiger partial charge in [-0.2, -0.15) is 14.0 Å². The summed E-state index contributed by atoms with van der Waals surface area (Å²) in [5.74, 6) is -2.60. The first kappa shape index (κ1) is 17.7. The van der Waals surface area contributed by atoms with Crippen LogP contribution in [0.4, 0.5) is 8.78 Å². The van der Waals surface area contributed by atoms with Gasteiger partial charge >= 0.3 is 0 Å². The maximum atomic E-state index is 12.5. The molecule has 2 rings (SSSR count). The average Bonchev–Trinajstić information content (AvgIpc) is 2.60. The zero-order valence-corrected chi connectivity index (χ0v) is 13.5. The molecular weight excluding hydrogens is 332 g/mol. The molecule has 2 aromatic rings. The fourth-order valence-corrected chi connectivity index (χ4v) is 2.55. The number of carbonyl (C=O) groups is 1. The van der Waals surface area contributed by atoms with E-state index in [0.29, 0.717) is 22.9 Å². The molecule has 0 fully saturated rings. The molecule has 0 unspecified atom stereocenters. The fraction of sp³-hybridized carbons (Fsp3) is 0.111. The van der Waals surface area contributed by atoms with E-state index >= 15 is 0 Å². The van der Waals surface area contributed by atoms with E-state index in [4.69, 9.17) is 10.00 Å². The van der Waals surface area contributed by atoms with Crippen molar-refractivity contribution < 1.29 is 18.3 Å². The van der Waals surface area contributed by atoms with Gasteiger partial charge < -0.3 is 4.74 Å². The number of thioether (sulfide) groups is 1. The lowest BCUT2D eigenvalue weighted by molar-refractivity contribution is 0.104. The minimum atomic E-state index is -2.56. The summed E-state index contributed by atoms with van der Waals surface area (Å²) < 4.78 is 30.0. The van der Waals surface area contributed by atoms with Crippen molar-refractivity contribution in [1.82, 2.24) is 0 Å². The Morgan fingerprint density at radius 3 is 2.54 bits per heavy atom. The van der Waals surface area contributed by atoms with Crippen LogP contribution in [0.3, 0.4) is 0 Å². The number of alkyl halides is 2. The van der Waals surface area contributed by atoms with E-state index in [9.17, 15) is 13.6 Å². The zero-order chi connectivity index (χ0) is 17.5. The molecular formula is C18H13F2NO2S. The van der Waals surface area contributed by atoms with Crippen LogP contribution >= 0.6 is 11.8 Å². The number of benzene rings is 2. The number of allylic oxidation sites excluding steroid dienone is 1. The molecule has 0 N–H and O–H groups in total. The summed E-state index contributed by atoms with van der Waals surface area (Å²) in [4.78, 5) is 12.5. The van der Waals surface area contributed by atoms with Crippen LogP contribution in [0.25, 0.3) is 6.08 Å². The van der Waals surface area contributed by atoms with Gasteiger partial charge in [0.2, 0.25) is 0 Å². The second-order valence-electron chi connectivity index (χ2n) is 4.68. The number of rotatable bonds is 6. The fourth-order valence-electron chi connectivity index (χ4n) is 1.95. The van der Waals surface area contributed by atoms with Crippen molar-refractivity contribution in [3.63, 3.8) is 0 Å². The molecule has 2 aromatic carbocycles. The first-order chi connectivity index (χ1) is 11.5. The molecule has 0 heterocycles. The predicted molar refractivity (Wildman–Crippen MR) is 89.4 cm³/mol. The van der Waals surface area contributed by atoms with Crippen LogP contribution in [0.5, 0.6) is 5.75 Å². The Balaban J connectivity index is 2.16. The number of methoxy groups -OCH3 is 1. The highest BCUT2D eigenvalue weighted by Crippen LogP contribution is 2.34. The Morgan fingerprint density at radius 2 is 1.96 bits per heavy atom. The minimum absolute atomic E-state index is 0.234. The number of halogens is 2. The predicted octanol–water partition coefficient (Wildman–Crippen LogP) is 4.78. The highest BCUT2D eigenvalue weighted by Gasteiger charge is 2.13. The lowest BCUT2D eigenvalue weighted by Crippen LogP contribution is -1.97. The van der Waals surface area contributed by atoms with Gasteiger partial charge in [-0.3, -0.25) is 4.79 Å². The van der Waals surface area contributed by atoms with Gasteiger partial charge in [-0.05, 0) is 42.0 Å². The minimum Gasteiger partial charge on any atom is -0.496 e. The van der Waals surface area contributed by atoms with E-state index in [1.54, 1.807) is 30.3 Å². The SMILES string of the molecule is COc1cc(C(=O)/C=C/c2ccc(C#N)cc2)ccc1SC(F)F. The number of ketones is 1. The van der Waals surface area contributed by atoms with E-state index in [0.717, 1.165) is 5.56 Å². The van der Waals surface area contributed by atoms with Crippen molar-refractivity contribution >= 4 is 23.6 Å². The van der Waals surface area contributed by atoms with Gasteiger partial charge in [-0.1, -0.05) is 30.0 Å². The molecule has 0 aromatic heterocycles. The number of hydrogen-bond donors (Lipinski definition) is 0. The van der Waals surface area contributed by atoms with Crippen LogP contribution in [0.15, 0.2) is 53.4 Å². The average molecular weight is 345 g/mol. The van der Waals surface area contributed by atoms with Crippen molar-refractivity contribution in [2.75, 3.05) is 7.11 Å². The van der Waals surface area contributed by atoms with Gasteiger partial charge in [0, 0.05) is 5.56 Å². The summed E-state index contributed by atoms with van der Waals surface area (Å²) >= 11 is 0.370. The van der Waals surface area contributed by atoms with Crippen LogP contribution in [0, 0.1) is 11.3 Å². The van der Waals surface area contributed by atoms with Gasteiger partial charge in [0.1, 0.15) is 5.75 Å². The van der Waals surface area contributed by atoms with Crippen molar-refractivity contribution in [3.8, 4) is 11.8 Å². The van der Waals surface area contributed by atoms with Crippen molar-refractivity contribution in [1.29, 1.82) is 5.26 Å². The molecule has 0 saturated heterocycles. The van der Waals surface area contributed by atoms with Crippen molar-refractivity contribution in [2.24, 2.45) is 0 Å². The number of hydrogen-bond acceptors (Lipinski definition) is 4. The zero-order valence-electron chi connectivity index (χ0n) is 12.7. The highest BCUT2D eigenvalue weighted by molar-refractivity contribution is 7.99. The Kier molecular flexibility index (Phi) is 6.10. The van der Waals surface area contributed by atoms with Gasteiger partial charge in [0.25, 0.3) is 5.76 Å². The van der Waals surface area contributed by atoms with Crippen LogP contribution in [0.2, 0.25) is 0 Å². The summed E-state index contributed by atoms with van der Waals surface area (Å²) in [7, 11) is 1.37. The largest absolute Gasteiger partial charge is 0.496 e. The summed E-state index contributed by atoms with van der Waals surface area (Å²) in [5.41, 5.74) is 1.66. The summed E-state index contributed by atoms with van der Waals surface area (Å²) in [6.45, 7) is 0. The summed E-state index contributed by atoms with van der Waals surface area (Å²) in [6.07, 6.45) is 3.01. The van der Waals surface area contributed by atoms with Crippen molar-refractivity contribution in [3.05, 3.63) is 65.2 Å². The van der Waals surface area contributed by atoms with Gasteiger partial charge in [-0.25, -0.2) is 0 Å². The molecule has 0 aliphatic heterocycles. The van der Waals surface area contributed by atoms with Gasteiger partial charge in [0.15, 0.2) is 5.78 Å². The van der Waals surface area contributed by atoms with Crippen LogP contribution in [0.1, 0.15) is 21.5 Å². The molecule has 0 aliphatic rings. The van der Waals surface area contributed by atoms with E-state index in [-0.39, 0.29) is 16.4 Å². The Bertz CT molecular complexity index is 796. The Labute approximate surface area is 142 Å². The standard InChI is InChI=1S/C18H13F2NO2S/c1-23-16-10-14(7-9-17(16)24-18(19)20)15(22)8-6-12-2-4-13(11-21)5-3-12/h2-10,18H,1H3/b8-6+. The summed E-state index contributed by atoms with van der Waals surface area (Å²) in [5, 5.41) is 8.74. The molecule has 0 aliphatic carbocycles. The monoisotopic (exact) mass is 345 g/mol. The van der Waals surface area contributed by atoms with Gasteiger partial charge in [-0.15, -0.1) is 0 Å². The maximum Gasteiger partial charge on any atom is 0.289 e. The maximum absolute atomic E-state index is 12.5. The second-order valence-corrected chi connectivity index (χ2v) is 5.71. The van der Waals surface area contributed by atoms with E-state index < -0.39 is 5.76 Å². The number of ether oxygens (including phenoxy) is 1. The quantitative estimate of drug-likeness (QED) is 0.430. The van der Waals surface area contributed by atoms with Crippen LogP contribution in [-0.4, -0.2) is 18.7 Å². The molecule has 0 bridgehead atoms. The molecule has 0 spiro atoms. The molecule has 24 heavy (non-hydrogen) atoms. The first-order valence-corrected chi connectivity index (χ1v) is 7.77. The van der Waals surface area contributed by atoms with E-state index in [1.165, 1.54) is 31.4 Å². The third-order valence-electron chi connectivity index (χ3n) is 3.13. The Morgan fingerprint density at radius 1 is 1.25 bits per heavy atom. The van der Waals surface area contributed by atoms with E-state index in [2.05, 4.69) is 0 Å². The smallest absolute Gasteiger partial charge is 0.289 e. The molecule has 122 valence electrons. The lowest BCUT2D eigenvalue weighted by Gasteiger charge is -2.08. The first-order valence-electron chi connectivity index (χ1n) is 6.89. The third kappa shape index (κ3) is 4.67.